The van der Waals surface area contributed by atoms with Crippen LogP contribution >= 0.6 is 11.3 Å². The Kier molecular flexibility index (Phi) is 5.99. The number of hydrogen-bond acceptors (Lipinski definition) is 9. The van der Waals surface area contributed by atoms with Gasteiger partial charge in [-0.2, -0.15) is 0 Å². The maximum Gasteiger partial charge on any atom is 0.339 e. The standard InChI is InChI=1S/C18H17N3O6S/c1-3-25-15(22)7-12-8-28-18(20-12)21-16(23)10(2)27-17(24)11-4-5-13-14(6-11)26-9-19-13/h4-6,8-10H,3,7H2,1-2H3,(H,20,21,23). The minimum atomic E-state index is -1.05. The summed E-state index contributed by atoms with van der Waals surface area (Å²) in [6.07, 6.45) is 0.255. The predicted molar refractivity (Wildman–Crippen MR) is 100.0 cm³/mol. The minimum Gasteiger partial charge on any atom is -0.466 e. The van der Waals surface area contributed by atoms with E-state index in [4.69, 9.17) is 13.9 Å². The SMILES string of the molecule is CCOC(=O)Cc1csc(NC(=O)C(C)OC(=O)c2ccc3ncoc3c2)n1. The molecule has 146 valence electrons. The number of rotatable bonds is 7. The Morgan fingerprint density at radius 3 is 2.93 bits per heavy atom. The number of thiazole rings is 1. The van der Waals surface area contributed by atoms with Gasteiger partial charge in [-0.3, -0.25) is 14.9 Å². The van der Waals surface area contributed by atoms with Crippen molar-refractivity contribution < 1.29 is 28.3 Å². The largest absolute Gasteiger partial charge is 0.466 e. The van der Waals surface area contributed by atoms with Gasteiger partial charge in [0.15, 0.2) is 23.2 Å². The van der Waals surface area contributed by atoms with Crippen molar-refractivity contribution in [2.75, 3.05) is 11.9 Å². The van der Waals surface area contributed by atoms with E-state index < -0.39 is 23.9 Å². The van der Waals surface area contributed by atoms with Gasteiger partial charge in [-0.15, -0.1) is 11.3 Å². The molecule has 2 aromatic heterocycles. The Hall–Kier alpha value is -3.27. The molecule has 1 aromatic carbocycles. The lowest BCUT2D eigenvalue weighted by Gasteiger charge is -2.12. The second kappa shape index (κ2) is 8.61. The number of hydrogen-bond donors (Lipinski definition) is 1. The van der Waals surface area contributed by atoms with Gasteiger partial charge in [-0.05, 0) is 32.0 Å². The van der Waals surface area contributed by atoms with E-state index in [0.717, 1.165) is 11.3 Å². The summed E-state index contributed by atoms with van der Waals surface area (Å²) in [6, 6.07) is 4.67. The van der Waals surface area contributed by atoms with E-state index in [2.05, 4.69) is 15.3 Å². The monoisotopic (exact) mass is 403 g/mol. The highest BCUT2D eigenvalue weighted by Crippen LogP contribution is 2.18. The lowest BCUT2D eigenvalue weighted by Crippen LogP contribution is -2.30. The van der Waals surface area contributed by atoms with Gasteiger partial charge in [0, 0.05) is 5.38 Å². The van der Waals surface area contributed by atoms with E-state index >= 15 is 0 Å². The average molecular weight is 403 g/mol. The molecule has 10 heteroatoms. The zero-order chi connectivity index (χ0) is 20.1. The first kappa shape index (κ1) is 19.5. The molecular formula is C18H17N3O6S. The van der Waals surface area contributed by atoms with E-state index in [1.807, 2.05) is 0 Å². The van der Waals surface area contributed by atoms with Crippen LogP contribution in [0, 0.1) is 0 Å². The first-order valence-corrected chi connectivity index (χ1v) is 9.29. The third-order valence-electron chi connectivity index (χ3n) is 3.63. The molecule has 9 nitrogen and oxygen atoms in total. The molecule has 1 atom stereocenters. The number of carbonyl (C=O) groups is 3. The van der Waals surface area contributed by atoms with E-state index in [-0.39, 0.29) is 12.0 Å². The van der Waals surface area contributed by atoms with Crippen molar-refractivity contribution in [2.24, 2.45) is 0 Å². The molecule has 0 fully saturated rings. The van der Waals surface area contributed by atoms with Gasteiger partial charge in [0.1, 0.15) is 5.52 Å². The molecule has 0 radical (unpaired) electrons. The van der Waals surface area contributed by atoms with Gasteiger partial charge in [-0.1, -0.05) is 0 Å². The Bertz CT molecular complexity index is 1010. The van der Waals surface area contributed by atoms with E-state index in [1.165, 1.54) is 19.4 Å². The summed E-state index contributed by atoms with van der Waals surface area (Å²) in [5.41, 5.74) is 1.80. The van der Waals surface area contributed by atoms with Gasteiger partial charge in [0.25, 0.3) is 5.91 Å². The van der Waals surface area contributed by atoms with Gasteiger partial charge in [-0.25, -0.2) is 14.8 Å². The van der Waals surface area contributed by atoms with Crippen LogP contribution in [0.4, 0.5) is 5.13 Å². The zero-order valence-electron chi connectivity index (χ0n) is 15.1. The van der Waals surface area contributed by atoms with Crippen molar-refractivity contribution in [3.8, 4) is 0 Å². The van der Waals surface area contributed by atoms with Crippen LogP contribution in [0.3, 0.4) is 0 Å². The summed E-state index contributed by atoms with van der Waals surface area (Å²) in [7, 11) is 0. The Morgan fingerprint density at radius 2 is 2.14 bits per heavy atom. The number of fused-ring (bicyclic) bond motifs is 1. The number of anilines is 1. The fourth-order valence-electron chi connectivity index (χ4n) is 2.28. The van der Waals surface area contributed by atoms with Crippen molar-refractivity contribution >= 4 is 45.4 Å². The molecule has 2 heterocycles. The Balaban J connectivity index is 1.56. The Labute approximate surface area is 163 Å². The maximum atomic E-state index is 12.2. The minimum absolute atomic E-state index is 0.0227. The fourth-order valence-corrected chi connectivity index (χ4v) is 2.99. The van der Waals surface area contributed by atoms with E-state index in [9.17, 15) is 14.4 Å². The van der Waals surface area contributed by atoms with Gasteiger partial charge in [0.2, 0.25) is 0 Å². The van der Waals surface area contributed by atoms with Gasteiger partial charge in [0.05, 0.1) is 24.3 Å². The van der Waals surface area contributed by atoms with Gasteiger partial charge < -0.3 is 13.9 Å². The molecular weight excluding hydrogens is 386 g/mol. The van der Waals surface area contributed by atoms with Crippen LogP contribution < -0.4 is 5.32 Å². The average Bonchev–Trinajstić information content (AvgIpc) is 3.30. The topological polar surface area (TPSA) is 121 Å². The van der Waals surface area contributed by atoms with Crippen molar-refractivity contribution in [1.29, 1.82) is 0 Å². The van der Waals surface area contributed by atoms with Gasteiger partial charge >= 0.3 is 11.9 Å². The molecule has 0 aliphatic heterocycles. The van der Waals surface area contributed by atoms with Crippen LogP contribution in [0.1, 0.15) is 29.9 Å². The summed E-state index contributed by atoms with van der Waals surface area (Å²) in [5, 5.41) is 4.51. The first-order valence-electron chi connectivity index (χ1n) is 8.41. The zero-order valence-corrected chi connectivity index (χ0v) is 15.9. The summed E-state index contributed by atoms with van der Waals surface area (Å²) in [5.74, 6) is -1.59. The lowest BCUT2D eigenvalue weighted by molar-refractivity contribution is -0.142. The Morgan fingerprint density at radius 1 is 1.32 bits per heavy atom. The van der Waals surface area contributed by atoms with Crippen molar-refractivity contribution in [1.82, 2.24) is 9.97 Å². The highest BCUT2D eigenvalue weighted by Gasteiger charge is 2.21. The number of amides is 1. The molecule has 1 unspecified atom stereocenters. The van der Waals surface area contributed by atoms with Crippen molar-refractivity contribution in [3.63, 3.8) is 0 Å². The van der Waals surface area contributed by atoms with Crippen LogP contribution in [0.25, 0.3) is 11.1 Å². The highest BCUT2D eigenvalue weighted by atomic mass is 32.1. The number of nitrogens with zero attached hydrogens (tertiary/aromatic N) is 2. The van der Waals surface area contributed by atoms with E-state index in [1.54, 1.807) is 24.4 Å². The van der Waals surface area contributed by atoms with Crippen molar-refractivity contribution in [2.45, 2.75) is 26.4 Å². The summed E-state index contributed by atoms with van der Waals surface area (Å²) < 4.78 is 15.2. The third-order valence-corrected chi connectivity index (χ3v) is 4.44. The smallest absolute Gasteiger partial charge is 0.339 e. The number of nitrogens with one attached hydrogen (secondary N) is 1. The van der Waals surface area contributed by atoms with Crippen LogP contribution in [0.5, 0.6) is 0 Å². The molecule has 3 aromatic rings. The molecule has 0 aliphatic rings. The number of benzene rings is 1. The first-order chi connectivity index (χ1) is 13.5. The van der Waals surface area contributed by atoms with Crippen molar-refractivity contribution in [3.05, 3.63) is 41.2 Å². The fraction of sp³-hybridized carbons (Fsp3) is 0.278. The molecule has 28 heavy (non-hydrogen) atoms. The molecule has 1 N–H and O–H groups in total. The summed E-state index contributed by atoms with van der Waals surface area (Å²) in [6.45, 7) is 3.46. The number of oxazole rings is 1. The summed E-state index contributed by atoms with van der Waals surface area (Å²) in [4.78, 5) is 44.1. The molecule has 0 saturated heterocycles. The lowest BCUT2D eigenvalue weighted by atomic mass is 10.2. The molecule has 0 bridgehead atoms. The number of ether oxygens (including phenoxy) is 2. The quantitative estimate of drug-likeness (QED) is 0.598. The third kappa shape index (κ3) is 4.71. The second-order valence-corrected chi connectivity index (χ2v) is 6.56. The molecule has 0 saturated carbocycles. The second-order valence-electron chi connectivity index (χ2n) is 5.70. The van der Waals surface area contributed by atoms with Crippen LogP contribution in [0.15, 0.2) is 34.4 Å². The normalized spacial score (nSPS) is 11.8. The van der Waals surface area contributed by atoms with E-state index in [0.29, 0.717) is 28.5 Å². The summed E-state index contributed by atoms with van der Waals surface area (Å²) >= 11 is 1.16. The number of esters is 2. The highest BCUT2D eigenvalue weighted by molar-refractivity contribution is 7.13. The maximum absolute atomic E-state index is 12.2. The molecule has 3 rings (SSSR count). The molecule has 0 spiro atoms. The number of aromatic nitrogens is 2. The molecule has 0 aliphatic carbocycles. The van der Waals surface area contributed by atoms with Crippen LogP contribution in [0.2, 0.25) is 0 Å². The number of carbonyl (C=O) groups excluding carboxylic acids is 3. The van der Waals surface area contributed by atoms with Crippen LogP contribution in [-0.2, 0) is 25.5 Å². The molecule has 1 amide bonds. The predicted octanol–water partition coefficient (Wildman–Crippen LogP) is 2.57. The van der Waals surface area contributed by atoms with Crippen LogP contribution in [-0.4, -0.2) is 40.5 Å².